The fourth-order valence-electron chi connectivity index (χ4n) is 2.02. The predicted molar refractivity (Wildman–Crippen MR) is 72.0 cm³/mol. The zero-order chi connectivity index (χ0) is 14.8. The molecule has 2 aromatic rings. The molecule has 106 valence electrons. The largest absolute Gasteiger partial charge is 0.481 e. The molecule has 0 saturated heterocycles. The SMILES string of the molecule is Cc1ccncc1-c1noc(CC(C)(C)CC(=O)O)n1. The third-order valence-corrected chi connectivity index (χ3v) is 3.01. The summed E-state index contributed by atoms with van der Waals surface area (Å²) in [5.41, 5.74) is 1.40. The Bertz CT molecular complexity index is 620. The maximum atomic E-state index is 10.8. The Morgan fingerprint density at radius 2 is 2.20 bits per heavy atom. The molecule has 0 aliphatic rings. The Balaban J connectivity index is 2.18. The minimum absolute atomic E-state index is 0.0522. The van der Waals surface area contributed by atoms with Gasteiger partial charge in [0.25, 0.3) is 0 Å². The molecule has 0 atom stereocenters. The van der Waals surface area contributed by atoms with Crippen molar-refractivity contribution < 1.29 is 14.4 Å². The van der Waals surface area contributed by atoms with Gasteiger partial charge in [0, 0.05) is 24.4 Å². The zero-order valence-corrected chi connectivity index (χ0v) is 11.8. The van der Waals surface area contributed by atoms with Crippen molar-refractivity contribution in [3.63, 3.8) is 0 Å². The van der Waals surface area contributed by atoms with Crippen molar-refractivity contribution in [3.8, 4) is 11.4 Å². The molecule has 6 heteroatoms. The van der Waals surface area contributed by atoms with Crippen molar-refractivity contribution in [1.82, 2.24) is 15.1 Å². The van der Waals surface area contributed by atoms with E-state index in [9.17, 15) is 4.79 Å². The number of rotatable bonds is 5. The molecule has 0 aromatic carbocycles. The minimum Gasteiger partial charge on any atom is -0.481 e. The standard InChI is InChI=1S/C14H17N3O3/c1-9-4-5-15-8-10(9)13-16-11(20-17-13)6-14(2,3)7-12(18)19/h4-5,8H,6-7H2,1-3H3,(H,18,19). The summed E-state index contributed by atoms with van der Waals surface area (Å²) in [6, 6.07) is 1.87. The van der Waals surface area contributed by atoms with E-state index < -0.39 is 11.4 Å². The van der Waals surface area contributed by atoms with Gasteiger partial charge < -0.3 is 9.63 Å². The maximum Gasteiger partial charge on any atom is 0.303 e. The molecule has 6 nitrogen and oxygen atoms in total. The highest BCUT2D eigenvalue weighted by Crippen LogP contribution is 2.26. The van der Waals surface area contributed by atoms with Crippen molar-refractivity contribution in [3.05, 3.63) is 29.9 Å². The molecule has 2 rings (SSSR count). The van der Waals surface area contributed by atoms with Crippen molar-refractivity contribution in [2.24, 2.45) is 5.41 Å². The number of hydrogen-bond donors (Lipinski definition) is 1. The summed E-state index contributed by atoms with van der Waals surface area (Å²) in [6.45, 7) is 5.67. The molecule has 20 heavy (non-hydrogen) atoms. The molecule has 0 amide bonds. The van der Waals surface area contributed by atoms with Crippen LogP contribution in [0.4, 0.5) is 0 Å². The third kappa shape index (κ3) is 3.40. The van der Waals surface area contributed by atoms with Gasteiger partial charge in [-0.05, 0) is 24.0 Å². The van der Waals surface area contributed by atoms with Crippen molar-refractivity contribution in [2.45, 2.75) is 33.6 Å². The topological polar surface area (TPSA) is 89.1 Å². The number of pyridine rings is 1. The minimum atomic E-state index is -0.835. The van der Waals surface area contributed by atoms with E-state index in [1.165, 1.54) is 0 Å². The van der Waals surface area contributed by atoms with Crippen LogP contribution in [0, 0.1) is 12.3 Å². The first-order valence-electron chi connectivity index (χ1n) is 6.33. The van der Waals surface area contributed by atoms with Gasteiger partial charge in [0.1, 0.15) is 0 Å². The molecule has 0 saturated carbocycles. The lowest BCUT2D eigenvalue weighted by atomic mass is 9.86. The Morgan fingerprint density at radius 3 is 2.85 bits per heavy atom. The Morgan fingerprint density at radius 1 is 1.45 bits per heavy atom. The Kier molecular flexibility index (Phi) is 3.83. The monoisotopic (exact) mass is 275 g/mol. The second-order valence-electron chi connectivity index (χ2n) is 5.61. The molecule has 0 fully saturated rings. The number of carboxylic acids is 1. The number of aromatic nitrogens is 3. The van der Waals surface area contributed by atoms with Crippen LogP contribution in [0.15, 0.2) is 23.0 Å². The first-order valence-corrected chi connectivity index (χ1v) is 6.33. The summed E-state index contributed by atoms with van der Waals surface area (Å²) in [5.74, 6) is 0.0871. The summed E-state index contributed by atoms with van der Waals surface area (Å²) in [6.07, 6.45) is 3.87. The number of aliphatic carboxylic acids is 1. The van der Waals surface area contributed by atoms with Gasteiger partial charge in [-0.2, -0.15) is 4.98 Å². The van der Waals surface area contributed by atoms with E-state index in [0.717, 1.165) is 11.1 Å². The third-order valence-electron chi connectivity index (χ3n) is 3.01. The molecule has 0 spiro atoms. The van der Waals surface area contributed by atoms with Crippen LogP contribution in [0.2, 0.25) is 0 Å². The van der Waals surface area contributed by atoms with Crippen LogP contribution in [-0.2, 0) is 11.2 Å². The summed E-state index contributed by atoms with van der Waals surface area (Å²) in [7, 11) is 0. The van der Waals surface area contributed by atoms with Crippen molar-refractivity contribution in [2.75, 3.05) is 0 Å². The highest BCUT2D eigenvalue weighted by atomic mass is 16.5. The Hall–Kier alpha value is -2.24. The summed E-state index contributed by atoms with van der Waals surface area (Å²) in [4.78, 5) is 19.2. The van der Waals surface area contributed by atoms with Gasteiger partial charge in [-0.25, -0.2) is 0 Å². The number of nitrogens with zero attached hydrogens (tertiary/aromatic N) is 3. The molecule has 2 heterocycles. The van der Waals surface area contributed by atoms with E-state index in [1.807, 2.05) is 26.8 Å². The number of aryl methyl sites for hydroxylation is 1. The smallest absolute Gasteiger partial charge is 0.303 e. The van der Waals surface area contributed by atoms with Crippen molar-refractivity contribution >= 4 is 5.97 Å². The van der Waals surface area contributed by atoms with E-state index >= 15 is 0 Å². The van der Waals surface area contributed by atoms with E-state index in [4.69, 9.17) is 9.63 Å². The zero-order valence-electron chi connectivity index (χ0n) is 11.8. The molecule has 0 radical (unpaired) electrons. The van der Waals surface area contributed by atoms with Gasteiger partial charge in [0.15, 0.2) is 0 Å². The molecule has 0 aliphatic heterocycles. The van der Waals surface area contributed by atoms with Crippen LogP contribution < -0.4 is 0 Å². The molecule has 2 aromatic heterocycles. The highest BCUT2D eigenvalue weighted by molar-refractivity contribution is 5.67. The Labute approximate surface area is 116 Å². The van der Waals surface area contributed by atoms with Gasteiger partial charge in [-0.15, -0.1) is 0 Å². The maximum absolute atomic E-state index is 10.8. The first-order chi connectivity index (χ1) is 9.37. The number of carboxylic acid groups (broad SMARTS) is 1. The van der Waals surface area contributed by atoms with E-state index in [2.05, 4.69) is 15.1 Å². The van der Waals surface area contributed by atoms with E-state index in [1.54, 1.807) is 12.4 Å². The second kappa shape index (κ2) is 5.40. The quantitative estimate of drug-likeness (QED) is 0.901. The molecular weight excluding hydrogens is 258 g/mol. The van der Waals surface area contributed by atoms with Crippen LogP contribution >= 0.6 is 0 Å². The number of carbonyl (C=O) groups is 1. The molecule has 0 unspecified atom stereocenters. The lowest BCUT2D eigenvalue weighted by molar-refractivity contribution is -0.139. The average molecular weight is 275 g/mol. The molecule has 1 N–H and O–H groups in total. The van der Waals surface area contributed by atoms with Gasteiger partial charge in [-0.3, -0.25) is 9.78 Å². The van der Waals surface area contributed by atoms with Gasteiger partial charge in [0.2, 0.25) is 11.7 Å². The van der Waals surface area contributed by atoms with Gasteiger partial charge in [0.05, 0.1) is 6.42 Å². The van der Waals surface area contributed by atoms with Crippen LogP contribution in [0.25, 0.3) is 11.4 Å². The van der Waals surface area contributed by atoms with E-state index in [-0.39, 0.29) is 6.42 Å². The fourth-order valence-corrected chi connectivity index (χ4v) is 2.02. The summed E-state index contributed by atoms with van der Waals surface area (Å²) < 4.78 is 5.21. The molecular formula is C14H17N3O3. The highest BCUT2D eigenvalue weighted by Gasteiger charge is 2.25. The van der Waals surface area contributed by atoms with Crippen LogP contribution in [0.1, 0.15) is 31.7 Å². The van der Waals surface area contributed by atoms with Gasteiger partial charge in [-0.1, -0.05) is 19.0 Å². The lowest BCUT2D eigenvalue weighted by Crippen LogP contribution is -2.19. The van der Waals surface area contributed by atoms with Crippen LogP contribution in [0.5, 0.6) is 0 Å². The normalized spacial score (nSPS) is 11.6. The number of hydrogen-bond acceptors (Lipinski definition) is 5. The van der Waals surface area contributed by atoms with Crippen molar-refractivity contribution in [1.29, 1.82) is 0 Å². The summed E-state index contributed by atoms with van der Waals surface area (Å²) in [5, 5.41) is 12.8. The van der Waals surface area contributed by atoms with E-state index in [0.29, 0.717) is 18.1 Å². The summed E-state index contributed by atoms with van der Waals surface area (Å²) >= 11 is 0. The molecule has 0 bridgehead atoms. The lowest BCUT2D eigenvalue weighted by Gasteiger charge is -2.19. The molecule has 0 aliphatic carbocycles. The predicted octanol–water partition coefficient (Wildman–Crippen LogP) is 2.48. The van der Waals surface area contributed by atoms with Crippen LogP contribution in [0.3, 0.4) is 0 Å². The second-order valence-corrected chi connectivity index (χ2v) is 5.61. The van der Waals surface area contributed by atoms with Gasteiger partial charge >= 0.3 is 5.97 Å². The van der Waals surface area contributed by atoms with Crippen LogP contribution in [-0.4, -0.2) is 26.2 Å². The average Bonchev–Trinajstić information content (AvgIpc) is 2.75. The fraction of sp³-hybridized carbons (Fsp3) is 0.429. The first kappa shape index (κ1) is 14.2.